The van der Waals surface area contributed by atoms with Crippen LogP contribution >= 0.6 is 0 Å². The van der Waals surface area contributed by atoms with Crippen molar-refractivity contribution < 1.29 is 9.53 Å². The third-order valence-electron chi connectivity index (χ3n) is 3.01. The number of carbonyl (C=O) groups excluding carboxylic acids is 1. The summed E-state index contributed by atoms with van der Waals surface area (Å²) >= 11 is 0. The van der Waals surface area contributed by atoms with Crippen LogP contribution in [0.1, 0.15) is 30.1 Å². The number of rotatable bonds is 5. The van der Waals surface area contributed by atoms with Gasteiger partial charge in [0.15, 0.2) is 0 Å². The zero-order valence-corrected chi connectivity index (χ0v) is 11.3. The molecule has 6 nitrogen and oxygen atoms in total. The predicted molar refractivity (Wildman–Crippen MR) is 72.2 cm³/mol. The minimum absolute atomic E-state index is 0.0246. The summed E-state index contributed by atoms with van der Waals surface area (Å²) in [5.74, 6) is 0.551. The molecule has 19 heavy (non-hydrogen) atoms. The third-order valence-corrected chi connectivity index (χ3v) is 3.01. The number of nitrogens with zero attached hydrogens (tertiary/aromatic N) is 3. The van der Waals surface area contributed by atoms with Crippen LogP contribution in [0.5, 0.6) is 0 Å². The molecule has 104 valence electrons. The summed E-state index contributed by atoms with van der Waals surface area (Å²) in [7, 11) is 0. The monoisotopic (exact) mass is 264 g/mol. The summed E-state index contributed by atoms with van der Waals surface area (Å²) in [5, 5.41) is 3.12. The Morgan fingerprint density at radius 3 is 2.68 bits per heavy atom. The van der Waals surface area contributed by atoms with E-state index in [2.05, 4.69) is 22.2 Å². The Bertz CT molecular complexity index is 402. The Labute approximate surface area is 113 Å². The van der Waals surface area contributed by atoms with Crippen LogP contribution in [0.4, 0.5) is 5.95 Å². The van der Waals surface area contributed by atoms with E-state index >= 15 is 0 Å². The lowest BCUT2D eigenvalue weighted by molar-refractivity contribution is 0.0302. The van der Waals surface area contributed by atoms with Crippen molar-refractivity contribution in [3.8, 4) is 0 Å². The van der Waals surface area contributed by atoms with Gasteiger partial charge in [0.25, 0.3) is 5.91 Å². The number of carbonyl (C=O) groups is 1. The van der Waals surface area contributed by atoms with E-state index in [1.807, 2.05) is 0 Å². The molecule has 6 heteroatoms. The molecule has 1 aromatic heterocycles. The molecule has 1 aliphatic heterocycles. The van der Waals surface area contributed by atoms with Gasteiger partial charge >= 0.3 is 0 Å². The first-order valence-corrected chi connectivity index (χ1v) is 6.74. The number of hydrogen-bond donors (Lipinski definition) is 1. The lowest BCUT2D eigenvalue weighted by Gasteiger charge is -2.26. The summed E-state index contributed by atoms with van der Waals surface area (Å²) < 4.78 is 5.22. The normalized spacial score (nSPS) is 15.3. The van der Waals surface area contributed by atoms with Crippen LogP contribution in [0.25, 0.3) is 0 Å². The van der Waals surface area contributed by atoms with Crippen LogP contribution in [0.2, 0.25) is 0 Å². The second kappa shape index (κ2) is 7.04. The van der Waals surface area contributed by atoms with Crippen molar-refractivity contribution in [3.05, 3.63) is 18.0 Å². The summed E-state index contributed by atoms with van der Waals surface area (Å²) in [6, 6.07) is 0. The van der Waals surface area contributed by atoms with Crippen LogP contribution in [0.3, 0.4) is 0 Å². The molecule has 1 aromatic rings. The molecule has 0 saturated carbocycles. The van der Waals surface area contributed by atoms with Gasteiger partial charge in [-0.25, -0.2) is 9.97 Å². The van der Waals surface area contributed by atoms with E-state index in [9.17, 15) is 4.79 Å². The number of ether oxygens (including phenoxy) is 1. The molecule has 0 spiro atoms. The largest absolute Gasteiger partial charge is 0.378 e. The Balaban J connectivity index is 1.91. The van der Waals surface area contributed by atoms with Gasteiger partial charge in [-0.2, -0.15) is 0 Å². The Kier molecular flexibility index (Phi) is 5.09. The van der Waals surface area contributed by atoms with Gasteiger partial charge < -0.3 is 15.0 Å². The predicted octanol–water partition coefficient (Wildman–Crippen LogP) is 1.16. The van der Waals surface area contributed by atoms with E-state index in [4.69, 9.17) is 4.74 Å². The lowest BCUT2D eigenvalue weighted by atomic mass is 10.3. The van der Waals surface area contributed by atoms with E-state index < -0.39 is 0 Å². The molecular weight excluding hydrogens is 244 g/mol. The molecule has 1 N–H and O–H groups in total. The summed E-state index contributed by atoms with van der Waals surface area (Å²) in [4.78, 5) is 22.2. The second-order valence-corrected chi connectivity index (χ2v) is 4.48. The highest BCUT2D eigenvalue weighted by molar-refractivity contribution is 5.93. The van der Waals surface area contributed by atoms with Crippen LogP contribution in [0.15, 0.2) is 12.4 Å². The SMILES string of the molecule is CCCCNc1ncc(C(=O)N2CCOCC2)cn1. The summed E-state index contributed by atoms with van der Waals surface area (Å²) in [6.07, 6.45) is 5.37. The maximum absolute atomic E-state index is 12.1. The number of aromatic nitrogens is 2. The van der Waals surface area contributed by atoms with E-state index in [0.717, 1.165) is 19.4 Å². The number of nitrogens with one attached hydrogen (secondary N) is 1. The topological polar surface area (TPSA) is 67.4 Å². The number of hydrogen-bond acceptors (Lipinski definition) is 5. The first-order chi connectivity index (χ1) is 9.31. The molecule has 1 fully saturated rings. The highest BCUT2D eigenvalue weighted by Crippen LogP contribution is 2.07. The quantitative estimate of drug-likeness (QED) is 0.808. The van der Waals surface area contributed by atoms with Gasteiger partial charge in [0.1, 0.15) is 0 Å². The highest BCUT2D eigenvalue weighted by Gasteiger charge is 2.18. The van der Waals surface area contributed by atoms with Crippen molar-refractivity contribution in [3.63, 3.8) is 0 Å². The zero-order chi connectivity index (χ0) is 13.5. The van der Waals surface area contributed by atoms with Gasteiger partial charge in [0, 0.05) is 32.0 Å². The van der Waals surface area contributed by atoms with Crippen molar-refractivity contribution in [2.24, 2.45) is 0 Å². The van der Waals surface area contributed by atoms with Crippen molar-refractivity contribution in [1.82, 2.24) is 14.9 Å². The van der Waals surface area contributed by atoms with E-state index in [1.54, 1.807) is 17.3 Å². The maximum Gasteiger partial charge on any atom is 0.257 e. The van der Waals surface area contributed by atoms with E-state index in [1.165, 1.54) is 0 Å². The molecule has 0 aromatic carbocycles. The molecule has 0 radical (unpaired) electrons. The molecule has 0 bridgehead atoms. The van der Waals surface area contributed by atoms with Crippen molar-refractivity contribution in [2.75, 3.05) is 38.2 Å². The minimum Gasteiger partial charge on any atom is -0.378 e. The Hall–Kier alpha value is -1.69. The summed E-state index contributed by atoms with van der Waals surface area (Å²) in [6.45, 7) is 5.46. The average Bonchev–Trinajstić information content (AvgIpc) is 2.48. The first kappa shape index (κ1) is 13.7. The molecule has 2 rings (SSSR count). The summed E-state index contributed by atoms with van der Waals surface area (Å²) in [5.41, 5.74) is 0.531. The van der Waals surface area contributed by atoms with E-state index in [-0.39, 0.29) is 5.91 Å². The zero-order valence-electron chi connectivity index (χ0n) is 11.3. The maximum atomic E-state index is 12.1. The minimum atomic E-state index is -0.0246. The molecule has 1 aliphatic rings. The fourth-order valence-electron chi connectivity index (χ4n) is 1.86. The van der Waals surface area contributed by atoms with E-state index in [0.29, 0.717) is 37.8 Å². The second-order valence-electron chi connectivity index (χ2n) is 4.48. The van der Waals surface area contributed by atoms with Crippen LogP contribution in [-0.2, 0) is 4.74 Å². The molecule has 0 aliphatic carbocycles. The Morgan fingerprint density at radius 2 is 2.05 bits per heavy atom. The number of amides is 1. The van der Waals surface area contributed by atoms with Crippen LogP contribution < -0.4 is 5.32 Å². The lowest BCUT2D eigenvalue weighted by Crippen LogP contribution is -2.40. The van der Waals surface area contributed by atoms with Gasteiger partial charge in [-0.15, -0.1) is 0 Å². The Morgan fingerprint density at radius 1 is 1.37 bits per heavy atom. The molecular formula is C13H20N4O2. The standard InChI is InChI=1S/C13H20N4O2/c1-2-3-4-14-13-15-9-11(10-16-13)12(18)17-5-7-19-8-6-17/h9-10H,2-8H2,1H3,(H,14,15,16). The fourth-order valence-corrected chi connectivity index (χ4v) is 1.86. The van der Waals surface area contributed by atoms with Crippen molar-refractivity contribution in [1.29, 1.82) is 0 Å². The van der Waals surface area contributed by atoms with Crippen LogP contribution in [-0.4, -0.2) is 53.6 Å². The molecule has 0 atom stereocenters. The fraction of sp³-hybridized carbons (Fsp3) is 0.615. The molecule has 2 heterocycles. The van der Waals surface area contributed by atoms with Gasteiger partial charge in [0.2, 0.25) is 5.95 Å². The van der Waals surface area contributed by atoms with Gasteiger partial charge in [-0.05, 0) is 6.42 Å². The van der Waals surface area contributed by atoms with Gasteiger partial charge in [-0.3, -0.25) is 4.79 Å². The number of unbranched alkanes of at least 4 members (excludes halogenated alkanes) is 1. The van der Waals surface area contributed by atoms with Crippen molar-refractivity contribution in [2.45, 2.75) is 19.8 Å². The third kappa shape index (κ3) is 3.89. The average molecular weight is 264 g/mol. The molecule has 1 saturated heterocycles. The molecule has 1 amide bonds. The van der Waals surface area contributed by atoms with Crippen molar-refractivity contribution >= 4 is 11.9 Å². The first-order valence-electron chi connectivity index (χ1n) is 6.74. The van der Waals surface area contributed by atoms with Gasteiger partial charge in [-0.1, -0.05) is 13.3 Å². The molecule has 0 unspecified atom stereocenters. The number of anilines is 1. The van der Waals surface area contributed by atoms with Gasteiger partial charge in [0.05, 0.1) is 18.8 Å². The smallest absolute Gasteiger partial charge is 0.257 e. The highest BCUT2D eigenvalue weighted by atomic mass is 16.5. The number of morpholine rings is 1. The van der Waals surface area contributed by atoms with Crippen LogP contribution in [0, 0.1) is 0 Å².